The fraction of sp³-hybridized carbons (Fsp3) is 0.417. The molecule has 0 aliphatic carbocycles. The fourth-order valence-corrected chi connectivity index (χ4v) is 3.81. The topological polar surface area (TPSA) is 68.8 Å². The van der Waals surface area contributed by atoms with Crippen LogP contribution in [-0.2, 0) is 19.4 Å². The zero-order valence-electron chi connectivity index (χ0n) is 18.5. The molecule has 0 saturated heterocycles. The molecule has 3 rings (SSSR count). The number of nitrogens with one attached hydrogen (secondary N) is 3. The van der Waals surface area contributed by atoms with Crippen LogP contribution in [0.2, 0.25) is 0 Å². The van der Waals surface area contributed by atoms with Crippen LogP contribution < -0.4 is 16.0 Å². The van der Waals surface area contributed by atoms with Crippen molar-refractivity contribution in [1.29, 1.82) is 0 Å². The third kappa shape index (κ3) is 7.81. The van der Waals surface area contributed by atoms with Gasteiger partial charge in [-0.1, -0.05) is 36.4 Å². The van der Waals surface area contributed by atoms with Gasteiger partial charge in [0.2, 0.25) is 0 Å². The van der Waals surface area contributed by atoms with Crippen LogP contribution in [0, 0.1) is 0 Å². The molecule has 1 aliphatic heterocycles. The van der Waals surface area contributed by atoms with Crippen molar-refractivity contribution >= 4 is 35.8 Å². The van der Waals surface area contributed by atoms with E-state index in [1.54, 1.807) is 14.1 Å². The molecule has 0 unspecified atom stereocenters. The summed E-state index contributed by atoms with van der Waals surface area (Å²) in [7, 11) is 3.44. The number of amides is 1. The lowest BCUT2D eigenvalue weighted by atomic mass is 10.00. The Kier molecular flexibility index (Phi) is 10.8. The Bertz CT molecular complexity index is 871. The molecule has 0 radical (unpaired) electrons. The highest BCUT2D eigenvalue weighted by atomic mass is 127. The van der Waals surface area contributed by atoms with E-state index < -0.39 is 0 Å². The molecule has 3 N–H and O–H groups in total. The van der Waals surface area contributed by atoms with E-state index in [-0.39, 0.29) is 29.9 Å². The van der Waals surface area contributed by atoms with Crippen LogP contribution >= 0.6 is 24.0 Å². The summed E-state index contributed by atoms with van der Waals surface area (Å²) < 4.78 is 0. The number of benzene rings is 2. The first-order valence-electron chi connectivity index (χ1n) is 10.7. The van der Waals surface area contributed by atoms with Crippen LogP contribution in [0.15, 0.2) is 53.5 Å². The lowest BCUT2D eigenvalue weighted by Gasteiger charge is -2.28. The molecule has 6 nitrogen and oxygen atoms in total. The minimum Gasteiger partial charge on any atom is -0.356 e. The van der Waals surface area contributed by atoms with Gasteiger partial charge in [-0.2, -0.15) is 0 Å². The zero-order chi connectivity index (χ0) is 21.2. The smallest absolute Gasteiger partial charge is 0.251 e. The maximum absolute atomic E-state index is 11.8. The highest BCUT2D eigenvalue weighted by Crippen LogP contribution is 2.18. The second kappa shape index (κ2) is 13.3. The van der Waals surface area contributed by atoms with E-state index in [1.807, 2.05) is 24.3 Å². The number of carbonyl (C=O) groups excluding carboxylic acids is 1. The van der Waals surface area contributed by atoms with Gasteiger partial charge in [0.05, 0.1) is 0 Å². The molecule has 31 heavy (non-hydrogen) atoms. The normalized spacial score (nSPS) is 13.7. The number of guanidine groups is 1. The summed E-state index contributed by atoms with van der Waals surface area (Å²) in [6.07, 6.45) is 3.06. The van der Waals surface area contributed by atoms with Crippen LogP contribution in [0.5, 0.6) is 0 Å². The number of aliphatic imine (C=N–C) groups is 1. The summed E-state index contributed by atoms with van der Waals surface area (Å²) in [5, 5.41) is 9.42. The van der Waals surface area contributed by atoms with Gasteiger partial charge in [0.15, 0.2) is 5.96 Å². The molecule has 1 heterocycles. The summed E-state index contributed by atoms with van der Waals surface area (Å²) in [5.74, 6) is 0.765. The molecule has 1 amide bonds. The first-order valence-corrected chi connectivity index (χ1v) is 10.7. The number of nitrogens with zero attached hydrogens (tertiary/aromatic N) is 2. The quantitative estimate of drug-likeness (QED) is 0.211. The number of carbonyl (C=O) groups is 1. The fourth-order valence-electron chi connectivity index (χ4n) is 3.81. The first kappa shape index (κ1) is 25.1. The Morgan fingerprint density at radius 2 is 1.84 bits per heavy atom. The Labute approximate surface area is 202 Å². The lowest BCUT2D eigenvalue weighted by Crippen LogP contribution is -2.40. The van der Waals surface area contributed by atoms with Crippen molar-refractivity contribution in [3.8, 4) is 0 Å². The van der Waals surface area contributed by atoms with Gasteiger partial charge in [0, 0.05) is 52.4 Å². The molecule has 0 aromatic heterocycles. The van der Waals surface area contributed by atoms with Gasteiger partial charge < -0.3 is 16.0 Å². The zero-order valence-corrected chi connectivity index (χ0v) is 20.8. The van der Waals surface area contributed by atoms with Crippen molar-refractivity contribution in [2.75, 3.05) is 40.3 Å². The van der Waals surface area contributed by atoms with E-state index in [9.17, 15) is 4.79 Å². The number of hydrogen-bond donors (Lipinski definition) is 3. The standard InChI is InChI=1S/C24H33N5O.HI/c1-25-23(30)21-10-5-7-19(17-21)11-14-28-24(26-2)27-13-6-15-29-16-12-20-8-3-4-9-22(20)18-29;/h3-5,7-10,17H,6,11-16,18H2,1-2H3,(H,25,30)(H2,26,27,28);1H. The van der Waals surface area contributed by atoms with E-state index in [0.29, 0.717) is 5.56 Å². The number of hydrogen-bond acceptors (Lipinski definition) is 3. The maximum Gasteiger partial charge on any atom is 0.251 e. The monoisotopic (exact) mass is 535 g/mol. The second-order valence-corrected chi connectivity index (χ2v) is 7.60. The van der Waals surface area contributed by atoms with Crippen molar-refractivity contribution in [3.05, 3.63) is 70.8 Å². The summed E-state index contributed by atoms with van der Waals surface area (Å²) >= 11 is 0. The number of rotatable bonds is 8. The van der Waals surface area contributed by atoms with Crippen LogP contribution in [0.4, 0.5) is 0 Å². The second-order valence-electron chi connectivity index (χ2n) is 7.60. The van der Waals surface area contributed by atoms with E-state index in [1.165, 1.54) is 11.1 Å². The predicted octanol–water partition coefficient (Wildman–Crippen LogP) is 2.82. The molecule has 168 valence electrons. The molecular weight excluding hydrogens is 501 g/mol. The summed E-state index contributed by atoms with van der Waals surface area (Å²) in [4.78, 5) is 18.6. The van der Waals surface area contributed by atoms with Gasteiger partial charge in [-0.15, -0.1) is 24.0 Å². The van der Waals surface area contributed by atoms with E-state index in [0.717, 1.165) is 63.5 Å². The van der Waals surface area contributed by atoms with E-state index in [4.69, 9.17) is 0 Å². The van der Waals surface area contributed by atoms with Gasteiger partial charge in [0.1, 0.15) is 0 Å². The van der Waals surface area contributed by atoms with Crippen molar-refractivity contribution in [1.82, 2.24) is 20.9 Å². The number of fused-ring (bicyclic) bond motifs is 1. The molecule has 0 saturated carbocycles. The van der Waals surface area contributed by atoms with Crippen molar-refractivity contribution in [3.63, 3.8) is 0 Å². The maximum atomic E-state index is 11.8. The Morgan fingerprint density at radius 1 is 1.06 bits per heavy atom. The highest BCUT2D eigenvalue weighted by molar-refractivity contribution is 14.0. The Morgan fingerprint density at radius 3 is 2.61 bits per heavy atom. The molecule has 0 bridgehead atoms. The first-order chi connectivity index (χ1) is 14.7. The summed E-state index contributed by atoms with van der Waals surface area (Å²) in [6.45, 7) is 4.94. The van der Waals surface area contributed by atoms with Gasteiger partial charge in [-0.3, -0.25) is 14.7 Å². The molecule has 2 aromatic carbocycles. The van der Waals surface area contributed by atoms with Gasteiger partial charge in [-0.05, 0) is 48.1 Å². The Balaban J connectivity index is 0.00000341. The highest BCUT2D eigenvalue weighted by Gasteiger charge is 2.14. The largest absolute Gasteiger partial charge is 0.356 e. The Hall–Kier alpha value is -2.13. The average Bonchev–Trinajstić information content (AvgIpc) is 2.80. The van der Waals surface area contributed by atoms with Crippen LogP contribution in [-0.4, -0.2) is 57.0 Å². The van der Waals surface area contributed by atoms with Gasteiger partial charge >= 0.3 is 0 Å². The van der Waals surface area contributed by atoms with E-state index in [2.05, 4.69) is 50.1 Å². The molecular formula is C24H34IN5O. The summed E-state index contributed by atoms with van der Waals surface area (Å²) in [5.41, 5.74) is 4.79. The minimum atomic E-state index is -0.0560. The van der Waals surface area contributed by atoms with Gasteiger partial charge in [-0.25, -0.2) is 0 Å². The lowest BCUT2D eigenvalue weighted by molar-refractivity contribution is 0.0963. The van der Waals surface area contributed by atoms with Crippen LogP contribution in [0.3, 0.4) is 0 Å². The third-order valence-electron chi connectivity index (χ3n) is 5.50. The van der Waals surface area contributed by atoms with Crippen LogP contribution in [0.1, 0.15) is 33.5 Å². The molecule has 2 aromatic rings. The molecule has 7 heteroatoms. The SMILES string of the molecule is CN=C(NCCCN1CCc2ccccc2C1)NCCc1cccc(C(=O)NC)c1.I. The van der Waals surface area contributed by atoms with Crippen LogP contribution in [0.25, 0.3) is 0 Å². The number of halogens is 1. The third-order valence-corrected chi connectivity index (χ3v) is 5.50. The van der Waals surface area contributed by atoms with Gasteiger partial charge in [0.25, 0.3) is 5.91 Å². The molecule has 1 aliphatic rings. The predicted molar refractivity (Wildman–Crippen MR) is 138 cm³/mol. The average molecular weight is 535 g/mol. The van der Waals surface area contributed by atoms with Crippen molar-refractivity contribution < 1.29 is 4.79 Å². The minimum absolute atomic E-state index is 0. The molecule has 0 spiro atoms. The van der Waals surface area contributed by atoms with Crippen molar-refractivity contribution in [2.45, 2.75) is 25.8 Å². The van der Waals surface area contributed by atoms with E-state index >= 15 is 0 Å². The van der Waals surface area contributed by atoms with Crippen molar-refractivity contribution in [2.24, 2.45) is 4.99 Å². The molecule has 0 fully saturated rings. The molecule has 0 atom stereocenters. The summed E-state index contributed by atoms with van der Waals surface area (Å²) in [6, 6.07) is 16.5.